The molecule has 0 saturated carbocycles. The number of methoxy groups -OCH3 is 1. The van der Waals surface area contributed by atoms with Gasteiger partial charge in [-0.3, -0.25) is 0 Å². The fraction of sp³-hybridized carbons (Fsp3) is 0.333. The number of benzene rings is 2. The maximum atomic E-state index is 9.58. The summed E-state index contributed by atoms with van der Waals surface area (Å²) in [5, 5.41) is 26.4. The Labute approximate surface area is 224 Å². The third kappa shape index (κ3) is 8.32. The largest absolute Gasteiger partial charge is 0.494 e. The number of quaternary nitrogens is 1. The van der Waals surface area contributed by atoms with Crippen LogP contribution in [0.25, 0.3) is 0 Å². The minimum Gasteiger partial charge on any atom is -0.494 e. The van der Waals surface area contributed by atoms with Gasteiger partial charge in [0, 0.05) is 11.6 Å². The second-order valence-electron chi connectivity index (χ2n) is 8.81. The van der Waals surface area contributed by atoms with Crippen molar-refractivity contribution in [2.75, 3.05) is 20.8 Å². The minimum atomic E-state index is -0.800. The number of thiol groups is 1. The average Bonchev–Trinajstić information content (AvgIpc) is 2.81. The zero-order valence-electron chi connectivity index (χ0n) is 21.5. The number of nitrogens with zero attached hydrogens (tertiary/aromatic N) is 3. The predicted octanol–water partition coefficient (Wildman–Crippen LogP) is 6.38. The van der Waals surface area contributed by atoms with Gasteiger partial charge in [-0.2, -0.15) is 10.5 Å². The molecule has 0 bridgehead atoms. The van der Waals surface area contributed by atoms with Crippen molar-refractivity contribution in [3.63, 3.8) is 0 Å². The van der Waals surface area contributed by atoms with E-state index in [2.05, 4.69) is 56.1 Å². The molecule has 36 heavy (non-hydrogen) atoms. The summed E-state index contributed by atoms with van der Waals surface area (Å²) in [5.74, 6) is 1.64. The Bertz CT molecular complexity index is 1180. The topological polar surface area (TPSA) is 86.9 Å². The Kier molecular flexibility index (Phi) is 10.4. The highest BCUT2D eigenvalue weighted by Crippen LogP contribution is 2.38. The van der Waals surface area contributed by atoms with E-state index in [1.807, 2.05) is 42.5 Å². The van der Waals surface area contributed by atoms with Gasteiger partial charge in [0.15, 0.2) is 11.6 Å². The van der Waals surface area contributed by atoms with Crippen molar-refractivity contribution in [3.8, 4) is 17.6 Å². The molecule has 0 spiro atoms. The molecule has 0 heterocycles. The average molecular weight is 530 g/mol. The molecule has 0 radical (unpaired) electrons. The smallest absolute Gasteiger partial charge is 0.164 e. The van der Waals surface area contributed by atoms with Crippen LogP contribution >= 0.6 is 24.4 Å². The molecule has 2 aromatic rings. The molecule has 0 aliphatic carbocycles. The van der Waals surface area contributed by atoms with Gasteiger partial charge >= 0.3 is 0 Å². The lowest BCUT2D eigenvalue weighted by atomic mass is 9.77. The summed E-state index contributed by atoms with van der Waals surface area (Å²) in [6.45, 7) is 8.35. The standard InChI is InChI=1S/C27H34ClN4O3S/c1-7-8-20(13-14-30-19(2)31-32(5,33)36)18-35-24-11-9-22(10-12-24)27(3,4)23-15-21(17-29)26(34-6)25(28)16-23/h8-16,33,36H,7,18H2,1-6H3,(H,30,31)/q+1/b14-13-,20-8-. The van der Waals surface area contributed by atoms with Gasteiger partial charge in [0.1, 0.15) is 38.3 Å². The van der Waals surface area contributed by atoms with Crippen molar-refractivity contribution in [3.05, 3.63) is 82.0 Å². The lowest BCUT2D eigenvalue weighted by Crippen LogP contribution is -2.27. The van der Waals surface area contributed by atoms with E-state index in [-0.39, 0.29) is 0 Å². The van der Waals surface area contributed by atoms with Crippen molar-refractivity contribution in [2.24, 2.45) is 5.10 Å². The van der Waals surface area contributed by atoms with Gasteiger partial charge < -0.3 is 14.8 Å². The van der Waals surface area contributed by atoms with Crippen LogP contribution in [0.2, 0.25) is 5.02 Å². The molecule has 0 aliphatic heterocycles. The van der Waals surface area contributed by atoms with Gasteiger partial charge in [0.25, 0.3) is 0 Å². The third-order valence-electron chi connectivity index (χ3n) is 5.47. The van der Waals surface area contributed by atoms with Crippen LogP contribution in [-0.4, -0.2) is 36.0 Å². The molecule has 9 heteroatoms. The number of halogens is 1. The molecular formula is C27H34ClN4O3S+. The second kappa shape index (κ2) is 12.8. The highest BCUT2D eigenvalue weighted by atomic mass is 35.5. The molecule has 1 unspecified atom stereocenters. The summed E-state index contributed by atoms with van der Waals surface area (Å²) in [6.07, 6.45) is 6.59. The van der Waals surface area contributed by atoms with Crippen molar-refractivity contribution in [2.45, 2.75) is 39.5 Å². The summed E-state index contributed by atoms with van der Waals surface area (Å²) in [5.41, 5.74) is 2.98. The fourth-order valence-electron chi connectivity index (χ4n) is 3.57. The van der Waals surface area contributed by atoms with Gasteiger partial charge in [-0.15, -0.1) is 0 Å². The van der Waals surface area contributed by atoms with Crippen LogP contribution in [0, 0.1) is 11.3 Å². The maximum absolute atomic E-state index is 9.58. The number of amidine groups is 1. The third-order valence-corrected chi connectivity index (χ3v) is 5.84. The zero-order valence-corrected chi connectivity index (χ0v) is 23.2. The van der Waals surface area contributed by atoms with Gasteiger partial charge in [-0.25, -0.2) is 0 Å². The number of hydrogen-bond donors (Lipinski definition) is 3. The van der Waals surface area contributed by atoms with Crippen LogP contribution in [0.3, 0.4) is 0 Å². The van der Waals surface area contributed by atoms with Gasteiger partial charge in [0.05, 0.1) is 17.7 Å². The fourth-order valence-corrected chi connectivity index (χ4v) is 4.00. The molecule has 0 amide bonds. The lowest BCUT2D eigenvalue weighted by Gasteiger charge is -2.27. The SMILES string of the molecule is CC/C=C(/C=C\N/C(C)=N\[N+](C)(O)S)COc1ccc(C(C)(C)c2cc(Cl)c(OC)c(C#N)c2)cc1. The number of nitrogens with one attached hydrogen (secondary N) is 1. The number of hydrogen-bond acceptors (Lipinski definition) is 6. The summed E-state index contributed by atoms with van der Waals surface area (Å²) < 4.78 is 10.5. The molecule has 7 nitrogen and oxygen atoms in total. The van der Waals surface area contributed by atoms with Crippen LogP contribution in [0.15, 0.2) is 65.4 Å². The van der Waals surface area contributed by atoms with Crippen molar-refractivity contribution >= 4 is 30.3 Å². The van der Waals surface area contributed by atoms with Crippen LogP contribution < -0.4 is 14.8 Å². The van der Waals surface area contributed by atoms with Crippen LogP contribution in [0.5, 0.6) is 11.5 Å². The quantitative estimate of drug-likeness (QED) is 0.0830. The Morgan fingerprint density at radius 2 is 1.94 bits per heavy atom. The molecule has 0 fully saturated rings. The molecule has 1 atom stereocenters. The Morgan fingerprint density at radius 3 is 2.50 bits per heavy atom. The number of ether oxygens (including phenoxy) is 2. The summed E-state index contributed by atoms with van der Waals surface area (Å²) >= 11 is 10.3. The van der Waals surface area contributed by atoms with Crippen molar-refractivity contribution in [1.29, 1.82) is 5.26 Å². The molecule has 0 saturated heterocycles. The molecule has 2 aromatic carbocycles. The van der Waals surface area contributed by atoms with E-state index in [0.29, 0.717) is 28.8 Å². The Hall–Kier alpha value is -2.96. The first-order valence-electron chi connectivity index (χ1n) is 11.4. The highest BCUT2D eigenvalue weighted by Gasteiger charge is 2.26. The van der Waals surface area contributed by atoms with E-state index in [1.54, 1.807) is 13.1 Å². The van der Waals surface area contributed by atoms with Crippen LogP contribution in [0.1, 0.15) is 50.8 Å². The lowest BCUT2D eigenvalue weighted by molar-refractivity contribution is -0.979. The first-order valence-corrected chi connectivity index (χ1v) is 12.2. The molecule has 2 N–H and O–H groups in total. The van der Waals surface area contributed by atoms with Crippen LogP contribution in [-0.2, 0) is 5.41 Å². The highest BCUT2D eigenvalue weighted by molar-refractivity contribution is 7.74. The zero-order chi connectivity index (χ0) is 26.9. The van der Waals surface area contributed by atoms with Crippen molar-refractivity contribution in [1.82, 2.24) is 5.32 Å². The van der Waals surface area contributed by atoms with E-state index in [4.69, 9.17) is 21.1 Å². The van der Waals surface area contributed by atoms with Gasteiger partial charge in [-0.05, 0) is 69.6 Å². The van der Waals surface area contributed by atoms with E-state index < -0.39 is 9.58 Å². The minimum absolute atomic E-state index is 0.387. The Balaban J connectivity index is 2.12. The number of allylic oxidation sites excluding steroid dienone is 1. The summed E-state index contributed by atoms with van der Waals surface area (Å²) in [4.78, 5) is 0. The molecule has 2 rings (SSSR count). The number of rotatable bonds is 10. The van der Waals surface area contributed by atoms with E-state index in [9.17, 15) is 10.5 Å². The maximum Gasteiger partial charge on any atom is 0.164 e. The normalized spacial score (nSPS) is 14.3. The Morgan fingerprint density at radius 1 is 1.28 bits per heavy atom. The van der Waals surface area contributed by atoms with Crippen LogP contribution in [0.4, 0.5) is 0 Å². The second-order valence-corrected chi connectivity index (χ2v) is 9.97. The van der Waals surface area contributed by atoms with Gasteiger partial charge in [-0.1, -0.05) is 50.6 Å². The first kappa shape index (κ1) is 29.3. The number of nitriles is 1. The predicted molar refractivity (Wildman–Crippen MR) is 147 cm³/mol. The first-order chi connectivity index (χ1) is 16.9. The monoisotopic (exact) mass is 529 g/mol. The van der Waals surface area contributed by atoms with E-state index in [0.717, 1.165) is 28.9 Å². The summed E-state index contributed by atoms with van der Waals surface area (Å²) in [6, 6.07) is 13.7. The van der Waals surface area contributed by atoms with Crippen molar-refractivity contribution < 1.29 is 18.8 Å². The van der Waals surface area contributed by atoms with E-state index in [1.165, 1.54) is 14.2 Å². The van der Waals surface area contributed by atoms with Gasteiger partial charge in [0.2, 0.25) is 0 Å². The van der Waals surface area contributed by atoms with E-state index >= 15 is 0 Å². The molecule has 0 aromatic heterocycles. The molecule has 0 aliphatic rings. The molecule has 192 valence electrons. The number of hydroxylamine groups is 1. The molecular weight excluding hydrogens is 496 g/mol. The summed E-state index contributed by atoms with van der Waals surface area (Å²) in [7, 11) is 2.93.